The summed E-state index contributed by atoms with van der Waals surface area (Å²) in [5.74, 6) is 0.159. The van der Waals surface area contributed by atoms with Gasteiger partial charge in [-0.2, -0.15) is 0 Å². The third kappa shape index (κ3) is 4.41. The molecule has 0 saturated heterocycles. The minimum atomic E-state index is -0.183. The molecule has 0 aliphatic rings. The van der Waals surface area contributed by atoms with Gasteiger partial charge < -0.3 is 25.5 Å². The Morgan fingerprint density at radius 3 is 1.32 bits per heavy atom. The Labute approximate surface area is 182 Å². The molecule has 5 heteroatoms. The molecule has 0 amide bonds. The summed E-state index contributed by atoms with van der Waals surface area (Å²) in [7, 11) is 0. The van der Waals surface area contributed by atoms with Crippen molar-refractivity contribution in [3.8, 4) is 28.7 Å². The number of hydrogen-bond acceptors (Lipinski definition) is 5. The first-order chi connectivity index (χ1) is 14.4. The van der Waals surface area contributed by atoms with E-state index in [1.54, 1.807) is 26.0 Å². The van der Waals surface area contributed by atoms with Crippen molar-refractivity contribution in [2.24, 2.45) is 0 Å². The SMILES string of the molecule is Cc1c(O)ccc(Cc2cc(C(C)(C)C)cc(Cc3ccc(O)c(C)c3O)c2O)c1O. The molecule has 0 aliphatic heterocycles. The van der Waals surface area contributed by atoms with E-state index in [9.17, 15) is 25.5 Å². The van der Waals surface area contributed by atoms with Gasteiger partial charge in [-0.3, -0.25) is 0 Å². The average molecular weight is 423 g/mol. The second kappa shape index (κ2) is 8.06. The summed E-state index contributed by atoms with van der Waals surface area (Å²) in [5, 5.41) is 51.6. The predicted octanol–water partition coefficient (Wildman–Crippen LogP) is 5.31. The third-order valence-electron chi connectivity index (χ3n) is 5.87. The van der Waals surface area contributed by atoms with E-state index in [2.05, 4.69) is 20.8 Å². The van der Waals surface area contributed by atoms with Crippen LogP contribution in [0.25, 0.3) is 0 Å². The Hall–Kier alpha value is -3.34. The number of phenolic OH excluding ortho intramolecular Hbond substituents is 5. The standard InChI is InChI=1S/C26H30O5/c1-14-21(27)8-6-16(23(14)29)10-18-12-20(26(3,4)5)13-19(25(18)31)11-17-7-9-22(28)15(2)24(17)30/h6-9,12-13,27-31H,10-11H2,1-5H3. The maximum absolute atomic E-state index is 11.1. The highest BCUT2D eigenvalue weighted by Gasteiger charge is 2.21. The zero-order valence-electron chi connectivity index (χ0n) is 18.6. The Balaban J connectivity index is 2.11. The predicted molar refractivity (Wildman–Crippen MR) is 121 cm³/mol. The van der Waals surface area contributed by atoms with Crippen LogP contribution in [-0.4, -0.2) is 25.5 Å². The van der Waals surface area contributed by atoms with E-state index >= 15 is 0 Å². The molecular weight excluding hydrogens is 392 g/mol. The van der Waals surface area contributed by atoms with Gasteiger partial charge in [-0.1, -0.05) is 45.0 Å². The highest BCUT2D eigenvalue weighted by Crippen LogP contribution is 2.38. The topological polar surface area (TPSA) is 101 Å². The first-order valence-corrected chi connectivity index (χ1v) is 10.3. The van der Waals surface area contributed by atoms with Crippen LogP contribution < -0.4 is 0 Å². The Morgan fingerprint density at radius 1 is 0.581 bits per heavy atom. The van der Waals surface area contributed by atoms with Crippen LogP contribution in [0.1, 0.15) is 59.7 Å². The Kier molecular flexibility index (Phi) is 5.81. The molecule has 5 N–H and O–H groups in total. The first kappa shape index (κ1) is 22.3. The lowest BCUT2D eigenvalue weighted by molar-refractivity contribution is 0.438. The molecular formula is C26H30O5. The largest absolute Gasteiger partial charge is 0.508 e. The number of phenols is 5. The van der Waals surface area contributed by atoms with Gasteiger partial charge in [0, 0.05) is 24.0 Å². The summed E-state index contributed by atoms with van der Waals surface area (Å²) < 4.78 is 0. The van der Waals surface area contributed by atoms with Crippen LogP contribution in [0.2, 0.25) is 0 Å². The smallest absolute Gasteiger partial charge is 0.125 e. The van der Waals surface area contributed by atoms with Gasteiger partial charge in [0.05, 0.1) is 0 Å². The normalized spacial score (nSPS) is 11.6. The summed E-state index contributed by atoms with van der Waals surface area (Å²) in [6.07, 6.45) is 0.576. The highest BCUT2D eigenvalue weighted by atomic mass is 16.3. The molecule has 0 radical (unpaired) electrons. The van der Waals surface area contributed by atoms with Crippen molar-refractivity contribution in [3.63, 3.8) is 0 Å². The fourth-order valence-electron chi connectivity index (χ4n) is 3.65. The first-order valence-electron chi connectivity index (χ1n) is 10.3. The monoisotopic (exact) mass is 422 g/mol. The zero-order valence-corrected chi connectivity index (χ0v) is 18.6. The van der Waals surface area contributed by atoms with Crippen molar-refractivity contribution >= 4 is 0 Å². The summed E-state index contributed by atoms with van der Waals surface area (Å²) in [4.78, 5) is 0. The molecule has 3 aromatic carbocycles. The molecule has 3 rings (SSSR count). The molecule has 0 fully saturated rings. The van der Waals surface area contributed by atoms with E-state index in [-0.39, 0.29) is 47.0 Å². The number of benzene rings is 3. The molecule has 31 heavy (non-hydrogen) atoms. The molecule has 0 unspecified atom stereocenters. The van der Waals surface area contributed by atoms with Gasteiger partial charge in [-0.15, -0.1) is 0 Å². The van der Waals surface area contributed by atoms with Gasteiger partial charge in [0.15, 0.2) is 0 Å². The molecule has 164 valence electrons. The fraction of sp³-hybridized carbons (Fsp3) is 0.308. The Morgan fingerprint density at radius 2 is 0.968 bits per heavy atom. The van der Waals surface area contributed by atoms with Crippen molar-refractivity contribution < 1.29 is 25.5 Å². The van der Waals surface area contributed by atoms with Crippen LogP contribution in [0.5, 0.6) is 28.7 Å². The van der Waals surface area contributed by atoms with E-state index in [4.69, 9.17) is 0 Å². The van der Waals surface area contributed by atoms with E-state index < -0.39 is 0 Å². The Bertz CT molecular complexity index is 1060. The van der Waals surface area contributed by atoms with Crippen LogP contribution in [0.4, 0.5) is 0 Å². The van der Waals surface area contributed by atoms with Gasteiger partial charge in [0.25, 0.3) is 0 Å². The van der Waals surface area contributed by atoms with Crippen molar-refractivity contribution in [1.82, 2.24) is 0 Å². The molecule has 3 aromatic rings. The quantitative estimate of drug-likeness (QED) is 0.392. The van der Waals surface area contributed by atoms with Crippen LogP contribution in [0.3, 0.4) is 0 Å². The van der Waals surface area contributed by atoms with E-state index in [0.717, 1.165) is 5.56 Å². The summed E-state index contributed by atoms with van der Waals surface area (Å²) in [5.41, 5.74) is 4.13. The number of hydrogen-bond donors (Lipinski definition) is 5. The van der Waals surface area contributed by atoms with Crippen LogP contribution >= 0.6 is 0 Å². The van der Waals surface area contributed by atoms with E-state index in [1.165, 1.54) is 12.1 Å². The second-order valence-electron chi connectivity index (χ2n) is 9.18. The minimum Gasteiger partial charge on any atom is -0.508 e. The molecule has 0 spiro atoms. The minimum absolute atomic E-state index is 0.00826. The lowest BCUT2D eigenvalue weighted by Gasteiger charge is -2.23. The molecule has 0 heterocycles. The molecule has 0 aromatic heterocycles. The zero-order chi connectivity index (χ0) is 23.1. The fourth-order valence-corrected chi connectivity index (χ4v) is 3.65. The molecule has 0 aliphatic carbocycles. The molecule has 0 saturated carbocycles. The second-order valence-corrected chi connectivity index (χ2v) is 9.18. The molecule has 5 nitrogen and oxygen atoms in total. The van der Waals surface area contributed by atoms with Crippen LogP contribution in [-0.2, 0) is 18.3 Å². The van der Waals surface area contributed by atoms with E-state index in [1.807, 2.05) is 12.1 Å². The molecule has 0 bridgehead atoms. The lowest BCUT2D eigenvalue weighted by atomic mass is 9.83. The van der Waals surface area contributed by atoms with Gasteiger partial charge in [-0.05, 0) is 59.2 Å². The third-order valence-corrected chi connectivity index (χ3v) is 5.87. The van der Waals surface area contributed by atoms with Crippen molar-refractivity contribution in [1.29, 1.82) is 0 Å². The maximum atomic E-state index is 11.1. The average Bonchev–Trinajstić information content (AvgIpc) is 2.70. The lowest BCUT2D eigenvalue weighted by Crippen LogP contribution is -2.13. The van der Waals surface area contributed by atoms with Gasteiger partial charge >= 0.3 is 0 Å². The van der Waals surface area contributed by atoms with Crippen LogP contribution in [0.15, 0.2) is 36.4 Å². The van der Waals surface area contributed by atoms with Crippen molar-refractivity contribution in [2.75, 3.05) is 0 Å². The van der Waals surface area contributed by atoms with Gasteiger partial charge in [-0.25, -0.2) is 0 Å². The summed E-state index contributed by atoms with van der Waals surface area (Å²) >= 11 is 0. The molecule has 0 atom stereocenters. The van der Waals surface area contributed by atoms with Crippen molar-refractivity contribution in [3.05, 3.63) is 75.3 Å². The summed E-state index contributed by atoms with van der Waals surface area (Å²) in [6, 6.07) is 10.2. The van der Waals surface area contributed by atoms with Gasteiger partial charge in [0.1, 0.15) is 28.7 Å². The van der Waals surface area contributed by atoms with Gasteiger partial charge in [0.2, 0.25) is 0 Å². The highest BCUT2D eigenvalue weighted by molar-refractivity contribution is 5.55. The number of aromatic hydroxyl groups is 5. The van der Waals surface area contributed by atoms with E-state index in [0.29, 0.717) is 33.4 Å². The maximum Gasteiger partial charge on any atom is 0.125 e. The number of rotatable bonds is 4. The van der Waals surface area contributed by atoms with Crippen molar-refractivity contribution in [2.45, 2.75) is 52.9 Å². The summed E-state index contributed by atoms with van der Waals surface area (Å²) in [6.45, 7) is 9.52. The van der Waals surface area contributed by atoms with Crippen LogP contribution in [0, 0.1) is 13.8 Å².